The van der Waals surface area contributed by atoms with Gasteiger partial charge >= 0.3 is 11.9 Å². The van der Waals surface area contributed by atoms with Crippen LogP contribution in [0.2, 0.25) is 0 Å². The Morgan fingerprint density at radius 1 is 1.13 bits per heavy atom. The van der Waals surface area contributed by atoms with Crippen molar-refractivity contribution in [3.63, 3.8) is 0 Å². The summed E-state index contributed by atoms with van der Waals surface area (Å²) < 4.78 is 0. The predicted octanol–water partition coefficient (Wildman–Crippen LogP) is 1.48. The van der Waals surface area contributed by atoms with Gasteiger partial charge in [0.05, 0.1) is 26.1 Å². The third kappa shape index (κ3) is 8.10. The van der Waals surface area contributed by atoms with Gasteiger partial charge in [-0.15, -0.1) is 0 Å². The summed E-state index contributed by atoms with van der Waals surface area (Å²) in [4.78, 5) is 19.1. The van der Waals surface area contributed by atoms with Gasteiger partial charge in [0.25, 0.3) is 0 Å². The van der Waals surface area contributed by atoms with Crippen molar-refractivity contribution in [2.45, 2.75) is 32.1 Å². The van der Waals surface area contributed by atoms with Crippen molar-refractivity contribution in [1.82, 2.24) is 0 Å². The summed E-state index contributed by atoms with van der Waals surface area (Å²) in [5.74, 6) is -0.0794. The fourth-order valence-electron chi connectivity index (χ4n) is 2.72. The largest absolute Gasteiger partial charge is 0.481 e. The topological polar surface area (TPSA) is 115 Å². The first-order chi connectivity index (χ1) is 10.8. The summed E-state index contributed by atoms with van der Waals surface area (Å²) in [5.41, 5.74) is 1.07. The zero-order chi connectivity index (χ0) is 17.9. The first-order valence-corrected chi connectivity index (χ1v) is 8.70. The molecule has 0 aliphatic heterocycles. The summed E-state index contributed by atoms with van der Waals surface area (Å²) in [5, 5.41) is 33.9. The Labute approximate surface area is 147 Å². The molecule has 23 heavy (non-hydrogen) atoms. The molecular formula is C15H26O6S2. The molecule has 1 saturated carbocycles. The molecule has 0 amide bonds. The first-order valence-electron chi connectivity index (χ1n) is 7.43. The molecule has 0 saturated heterocycles. The van der Waals surface area contributed by atoms with E-state index in [2.05, 4.69) is 31.3 Å². The minimum atomic E-state index is -0.787. The second-order valence-electron chi connectivity index (χ2n) is 5.53. The Morgan fingerprint density at radius 3 is 1.87 bits per heavy atom. The summed E-state index contributed by atoms with van der Waals surface area (Å²) in [6.45, 7) is 0.354. The third-order valence-corrected chi connectivity index (χ3v) is 4.34. The van der Waals surface area contributed by atoms with Gasteiger partial charge in [0.1, 0.15) is 0 Å². The van der Waals surface area contributed by atoms with E-state index in [1.165, 1.54) is 6.42 Å². The molecule has 2 atom stereocenters. The molecule has 2 rings (SSSR count). The van der Waals surface area contributed by atoms with Crippen molar-refractivity contribution >= 4 is 37.2 Å². The van der Waals surface area contributed by atoms with E-state index in [1.54, 1.807) is 0 Å². The molecule has 0 aromatic rings. The van der Waals surface area contributed by atoms with E-state index in [-0.39, 0.29) is 31.5 Å². The Morgan fingerprint density at radius 2 is 1.65 bits per heavy atom. The van der Waals surface area contributed by atoms with Gasteiger partial charge in [-0.1, -0.05) is 6.08 Å². The van der Waals surface area contributed by atoms with Crippen molar-refractivity contribution in [1.29, 1.82) is 0 Å². The highest BCUT2D eigenvalue weighted by molar-refractivity contribution is 7.80. The Kier molecular flexibility index (Phi) is 11.4. The Bertz CT molecular complexity index is 397. The van der Waals surface area contributed by atoms with Gasteiger partial charge in [0.2, 0.25) is 0 Å². The number of carboxylic acid groups (broad SMARTS) is 2. The number of carbonyl (C=O) groups is 2. The molecule has 2 aliphatic carbocycles. The van der Waals surface area contributed by atoms with E-state index in [0.717, 1.165) is 18.4 Å². The van der Waals surface area contributed by atoms with Crippen LogP contribution in [0.3, 0.4) is 0 Å². The van der Waals surface area contributed by atoms with Gasteiger partial charge < -0.3 is 20.4 Å². The van der Waals surface area contributed by atoms with Gasteiger partial charge in [-0.2, -0.15) is 25.3 Å². The highest BCUT2D eigenvalue weighted by atomic mass is 32.1. The van der Waals surface area contributed by atoms with Crippen LogP contribution in [-0.4, -0.2) is 57.1 Å². The van der Waals surface area contributed by atoms with Gasteiger partial charge in [-0.25, -0.2) is 0 Å². The maximum Gasteiger partial charge on any atom is 0.304 e. The number of rotatable bonds is 6. The molecule has 0 spiro atoms. The molecule has 2 aliphatic rings. The lowest BCUT2D eigenvalue weighted by atomic mass is 9.81. The molecule has 0 aromatic carbocycles. The molecule has 4 N–H and O–H groups in total. The van der Waals surface area contributed by atoms with Crippen LogP contribution < -0.4 is 0 Å². The molecule has 0 heterocycles. The zero-order valence-corrected chi connectivity index (χ0v) is 14.8. The second-order valence-corrected chi connectivity index (χ2v) is 6.42. The van der Waals surface area contributed by atoms with E-state index in [4.69, 9.17) is 15.3 Å². The summed E-state index contributed by atoms with van der Waals surface area (Å²) >= 11 is 7.36. The van der Waals surface area contributed by atoms with Crippen LogP contribution in [0.15, 0.2) is 11.6 Å². The number of hydrogen-bond acceptors (Lipinski definition) is 6. The number of aliphatic carboxylic acids is 2. The normalized spacial score (nSPS) is 24.0. The highest BCUT2D eigenvalue weighted by Gasteiger charge is 2.45. The number of allylic oxidation sites excluding steroid dienone is 1. The van der Waals surface area contributed by atoms with E-state index >= 15 is 0 Å². The Hall–Kier alpha value is -0.700. The average Bonchev–Trinajstić information content (AvgIpc) is 3.06. The van der Waals surface area contributed by atoms with E-state index in [1.807, 2.05) is 0 Å². The van der Waals surface area contributed by atoms with Crippen LogP contribution in [0.4, 0.5) is 0 Å². The van der Waals surface area contributed by atoms with Gasteiger partial charge in [-0.3, -0.25) is 9.59 Å². The van der Waals surface area contributed by atoms with Crippen LogP contribution in [-0.2, 0) is 9.59 Å². The predicted molar refractivity (Wildman–Crippen MR) is 94.2 cm³/mol. The lowest BCUT2D eigenvalue weighted by molar-refractivity contribution is -0.137. The zero-order valence-electron chi connectivity index (χ0n) is 13.0. The third-order valence-electron chi connectivity index (χ3n) is 3.89. The Balaban J connectivity index is 0.000000349. The van der Waals surface area contributed by atoms with Crippen LogP contribution in [0.1, 0.15) is 32.1 Å². The molecule has 8 heteroatoms. The first kappa shape index (κ1) is 22.3. The molecule has 1 fully saturated rings. The van der Waals surface area contributed by atoms with Crippen molar-refractivity contribution in [2.24, 2.45) is 11.3 Å². The van der Waals surface area contributed by atoms with Gasteiger partial charge in [0.15, 0.2) is 0 Å². The van der Waals surface area contributed by atoms with E-state index in [0.29, 0.717) is 17.4 Å². The maximum absolute atomic E-state index is 9.55. The van der Waals surface area contributed by atoms with Crippen LogP contribution >= 0.6 is 25.3 Å². The van der Waals surface area contributed by atoms with Crippen LogP contribution in [0.25, 0.3) is 0 Å². The quantitative estimate of drug-likeness (QED) is 0.313. The van der Waals surface area contributed by atoms with Gasteiger partial charge in [0, 0.05) is 16.9 Å². The van der Waals surface area contributed by atoms with Gasteiger partial charge in [-0.05, 0) is 30.8 Å². The number of aliphatic hydroxyl groups excluding tert-OH is 2. The molecule has 6 nitrogen and oxygen atoms in total. The van der Waals surface area contributed by atoms with Crippen molar-refractivity contribution < 1.29 is 30.0 Å². The SMILES string of the molecule is O=C(O)CCS.O=C(O)CCS.OCC1=CC2CCC1(CO)C2. The highest BCUT2D eigenvalue weighted by Crippen LogP contribution is 2.53. The number of thiol groups is 2. The monoisotopic (exact) mass is 366 g/mol. The second kappa shape index (κ2) is 11.8. The number of fused-ring (bicyclic) bond motifs is 2. The van der Waals surface area contributed by atoms with Crippen molar-refractivity contribution in [3.05, 3.63) is 11.6 Å². The number of carboxylic acids is 2. The van der Waals surface area contributed by atoms with E-state index in [9.17, 15) is 14.7 Å². The maximum atomic E-state index is 9.55. The molecule has 0 aromatic heterocycles. The minimum absolute atomic E-state index is 0.0145. The fourth-order valence-corrected chi connectivity index (χ4v) is 3.10. The number of aliphatic hydroxyl groups is 2. The van der Waals surface area contributed by atoms with Crippen LogP contribution in [0, 0.1) is 11.3 Å². The fraction of sp³-hybridized carbons (Fsp3) is 0.733. The van der Waals surface area contributed by atoms with Crippen LogP contribution in [0.5, 0.6) is 0 Å². The summed E-state index contributed by atoms with van der Waals surface area (Å²) in [6, 6.07) is 0. The molecule has 134 valence electrons. The van der Waals surface area contributed by atoms with Crippen molar-refractivity contribution in [2.75, 3.05) is 24.7 Å². The molecule has 2 unspecified atom stereocenters. The number of hydrogen-bond donors (Lipinski definition) is 6. The standard InChI is InChI=1S/C9H14O2.2C3H6O2S/c10-5-8-3-7-1-2-9(8,4-7)6-11;2*4-3(5)1-2-6/h3,7,10-11H,1-2,4-6H2;2*6H,1-2H2,(H,4,5). The lowest BCUT2D eigenvalue weighted by Crippen LogP contribution is -2.24. The summed E-state index contributed by atoms with van der Waals surface area (Å²) in [6.07, 6.45) is 5.80. The van der Waals surface area contributed by atoms with Crippen molar-refractivity contribution in [3.8, 4) is 0 Å². The minimum Gasteiger partial charge on any atom is -0.481 e. The average molecular weight is 367 g/mol. The van der Waals surface area contributed by atoms with E-state index < -0.39 is 11.9 Å². The molecule has 0 radical (unpaired) electrons. The molecule has 2 bridgehead atoms. The summed E-state index contributed by atoms with van der Waals surface area (Å²) in [7, 11) is 0. The molecular weight excluding hydrogens is 340 g/mol. The lowest BCUT2D eigenvalue weighted by Gasteiger charge is -2.26. The smallest absolute Gasteiger partial charge is 0.304 e.